The summed E-state index contributed by atoms with van der Waals surface area (Å²) in [6.07, 6.45) is 6.79. The van der Waals surface area contributed by atoms with Gasteiger partial charge in [0.05, 0.1) is 13.2 Å². The van der Waals surface area contributed by atoms with Gasteiger partial charge < -0.3 is 4.74 Å². The average Bonchev–Trinajstić information content (AvgIpc) is 2.03. The van der Waals surface area contributed by atoms with E-state index in [9.17, 15) is 0 Å². The van der Waals surface area contributed by atoms with Crippen molar-refractivity contribution in [3.63, 3.8) is 0 Å². The van der Waals surface area contributed by atoms with Crippen molar-refractivity contribution >= 4 is 0 Å². The van der Waals surface area contributed by atoms with Gasteiger partial charge in [-0.2, -0.15) is 0 Å². The largest absolute Gasteiger partial charge is 0.382 e. The number of hydrogen-bond donors (Lipinski definition) is 1. The second-order valence-corrected chi connectivity index (χ2v) is 2.04. The Bertz CT molecular complexity index is 109. The molecular weight excluding hydrogens is 142 g/mol. The number of ether oxygens (including phenoxy) is 1. The third-order valence-corrected chi connectivity index (χ3v) is 1.09. The highest BCUT2D eigenvalue weighted by molar-refractivity contribution is 4.82. The molecule has 3 nitrogen and oxygen atoms in total. The van der Waals surface area contributed by atoms with E-state index in [0.717, 1.165) is 19.4 Å². The smallest absolute Gasteiger partial charge is 0.0915 e. The fourth-order valence-corrected chi connectivity index (χ4v) is 0.532. The Hall–Kier alpha value is -0.560. The van der Waals surface area contributed by atoms with Gasteiger partial charge in [-0.1, -0.05) is 0 Å². The third kappa shape index (κ3) is 9.44. The summed E-state index contributed by atoms with van der Waals surface area (Å²) >= 11 is 0. The number of hydrogen-bond acceptors (Lipinski definition) is 3. The van der Waals surface area contributed by atoms with Gasteiger partial charge in [-0.05, 0) is 6.42 Å². The molecule has 0 saturated carbocycles. The van der Waals surface area contributed by atoms with Gasteiger partial charge in [-0.3, -0.25) is 4.84 Å². The quantitative estimate of drug-likeness (QED) is 0.333. The number of hydroxylamine groups is 1. The van der Waals surface area contributed by atoms with Gasteiger partial charge in [0, 0.05) is 20.1 Å². The van der Waals surface area contributed by atoms with Gasteiger partial charge in [-0.15, -0.1) is 12.3 Å². The molecule has 0 radical (unpaired) electrons. The molecule has 0 atom stereocenters. The maximum Gasteiger partial charge on any atom is 0.0915 e. The highest BCUT2D eigenvalue weighted by Crippen LogP contribution is 1.82. The first kappa shape index (κ1) is 10.4. The summed E-state index contributed by atoms with van der Waals surface area (Å²) in [6, 6.07) is 0. The van der Waals surface area contributed by atoms with Crippen molar-refractivity contribution in [1.29, 1.82) is 0 Å². The first-order valence-electron chi connectivity index (χ1n) is 3.69. The molecule has 0 aromatic heterocycles. The lowest BCUT2D eigenvalue weighted by Crippen LogP contribution is -2.18. The maximum atomic E-state index is 5.05. The van der Waals surface area contributed by atoms with Crippen molar-refractivity contribution < 1.29 is 9.57 Å². The molecule has 0 amide bonds. The highest BCUT2D eigenvalue weighted by Gasteiger charge is 1.85. The fraction of sp³-hybridized carbons (Fsp3) is 0.750. The molecule has 0 aliphatic rings. The normalized spacial score (nSPS) is 9.45. The molecule has 3 heteroatoms. The van der Waals surface area contributed by atoms with Crippen LogP contribution >= 0.6 is 0 Å². The molecule has 0 fully saturated rings. The zero-order chi connectivity index (χ0) is 8.36. The molecule has 0 aliphatic carbocycles. The van der Waals surface area contributed by atoms with Crippen LogP contribution in [-0.2, 0) is 9.57 Å². The zero-order valence-electron chi connectivity index (χ0n) is 6.93. The van der Waals surface area contributed by atoms with Crippen LogP contribution in [0, 0.1) is 12.3 Å². The number of rotatable bonds is 7. The Morgan fingerprint density at radius 2 is 2.27 bits per heavy atom. The summed E-state index contributed by atoms with van der Waals surface area (Å²) in [7, 11) is 1.64. The Morgan fingerprint density at radius 1 is 1.45 bits per heavy atom. The lowest BCUT2D eigenvalue weighted by molar-refractivity contribution is 0.00685. The van der Waals surface area contributed by atoms with Crippen LogP contribution in [0.1, 0.15) is 12.8 Å². The van der Waals surface area contributed by atoms with Crippen LogP contribution in [0.5, 0.6) is 0 Å². The molecule has 0 bridgehead atoms. The van der Waals surface area contributed by atoms with E-state index in [1.807, 2.05) is 0 Å². The monoisotopic (exact) mass is 157 g/mol. The van der Waals surface area contributed by atoms with Gasteiger partial charge in [0.25, 0.3) is 0 Å². The molecule has 0 heterocycles. The number of unbranched alkanes of at least 4 members (excludes halogenated alkanes) is 1. The molecule has 0 spiro atoms. The Labute approximate surface area is 68.0 Å². The molecule has 0 rings (SSSR count). The molecular formula is C8H15NO2. The first-order chi connectivity index (χ1) is 5.41. The van der Waals surface area contributed by atoms with Crippen LogP contribution in [0.4, 0.5) is 0 Å². The molecule has 1 N–H and O–H groups in total. The second kappa shape index (κ2) is 9.44. The fourth-order valence-electron chi connectivity index (χ4n) is 0.532. The molecule has 0 saturated heterocycles. The molecule has 11 heavy (non-hydrogen) atoms. The summed E-state index contributed by atoms with van der Waals surface area (Å²) < 4.78 is 4.77. The van der Waals surface area contributed by atoms with E-state index in [2.05, 4.69) is 11.4 Å². The summed E-state index contributed by atoms with van der Waals surface area (Å²) in [6.45, 7) is 1.99. The second-order valence-electron chi connectivity index (χ2n) is 2.04. The van der Waals surface area contributed by atoms with E-state index in [0.29, 0.717) is 13.2 Å². The minimum atomic E-state index is 0.576. The maximum absolute atomic E-state index is 5.05. The van der Waals surface area contributed by atoms with Crippen LogP contribution in [0.2, 0.25) is 0 Å². The molecule has 0 aliphatic heterocycles. The molecule has 64 valence electrons. The van der Waals surface area contributed by atoms with Crippen molar-refractivity contribution in [3.05, 3.63) is 0 Å². The highest BCUT2D eigenvalue weighted by atomic mass is 16.7. The van der Waals surface area contributed by atoms with E-state index >= 15 is 0 Å². The van der Waals surface area contributed by atoms with Gasteiger partial charge >= 0.3 is 0 Å². The van der Waals surface area contributed by atoms with E-state index < -0.39 is 0 Å². The summed E-state index contributed by atoms with van der Waals surface area (Å²) in [5, 5.41) is 0. The van der Waals surface area contributed by atoms with Crippen LogP contribution in [0.3, 0.4) is 0 Å². The predicted octanol–water partition coefficient (Wildman–Crippen LogP) is 0.567. The predicted molar refractivity (Wildman–Crippen MR) is 43.9 cm³/mol. The summed E-state index contributed by atoms with van der Waals surface area (Å²) in [4.78, 5) is 4.98. The number of methoxy groups -OCH3 is 1. The van der Waals surface area contributed by atoms with Crippen LogP contribution in [0.15, 0.2) is 0 Å². The number of nitrogens with one attached hydrogen (secondary N) is 1. The third-order valence-electron chi connectivity index (χ3n) is 1.09. The standard InChI is InChI=1S/C8H15NO2/c1-3-4-5-6-9-11-8-7-10-2/h1,9H,4-8H2,2H3. The van der Waals surface area contributed by atoms with Crippen molar-refractivity contribution in [2.75, 3.05) is 26.9 Å². The Balaban J connectivity index is 2.75. The molecule has 0 unspecified atom stereocenters. The van der Waals surface area contributed by atoms with Gasteiger partial charge in [0.1, 0.15) is 0 Å². The topological polar surface area (TPSA) is 30.5 Å². The first-order valence-corrected chi connectivity index (χ1v) is 3.69. The lowest BCUT2D eigenvalue weighted by Gasteiger charge is -2.02. The van der Waals surface area contributed by atoms with E-state index in [-0.39, 0.29) is 0 Å². The van der Waals surface area contributed by atoms with E-state index in [1.54, 1.807) is 7.11 Å². The van der Waals surface area contributed by atoms with Crippen molar-refractivity contribution in [1.82, 2.24) is 5.48 Å². The molecule has 0 aromatic carbocycles. The SMILES string of the molecule is C#CCCCNOCCOC. The minimum absolute atomic E-state index is 0.576. The lowest BCUT2D eigenvalue weighted by atomic mass is 10.3. The Morgan fingerprint density at radius 3 is 2.91 bits per heavy atom. The minimum Gasteiger partial charge on any atom is -0.382 e. The van der Waals surface area contributed by atoms with Crippen LogP contribution in [0.25, 0.3) is 0 Å². The Kier molecular flexibility index (Phi) is 8.96. The van der Waals surface area contributed by atoms with Gasteiger partial charge in [-0.25, -0.2) is 5.48 Å². The van der Waals surface area contributed by atoms with E-state index in [4.69, 9.17) is 16.0 Å². The van der Waals surface area contributed by atoms with Gasteiger partial charge in [0.15, 0.2) is 0 Å². The molecule has 0 aromatic rings. The average molecular weight is 157 g/mol. The number of terminal acetylenes is 1. The van der Waals surface area contributed by atoms with Crippen LogP contribution in [-0.4, -0.2) is 26.9 Å². The van der Waals surface area contributed by atoms with Gasteiger partial charge in [0.2, 0.25) is 0 Å². The van der Waals surface area contributed by atoms with Crippen molar-refractivity contribution in [2.24, 2.45) is 0 Å². The van der Waals surface area contributed by atoms with Crippen molar-refractivity contribution in [2.45, 2.75) is 12.8 Å². The summed E-state index contributed by atoms with van der Waals surface area (Å²) in [5.41, 5.74) is 2.78. The van der Waals surface area contributed by atoms with Crippen molar-refractivity contribution in [3.8, 4) is 12.3 Å². The van der Waals surface area contributed by atoms with Crippen LogP contribution < -0.4 is 5.48 Å². The summed E-state index contributed by atoms with van der Waals surface area (Å²) in [5.74, 6) is 2.55. The zero-order valence-corrected chi connectivity index (χ0v) is 6.93. The van der Waals surface area contributed by atoms with E-state index in [1.165, 1.54) is 0 Å².